The van der Waals surface area contributed by atoms with E-state index in [1.54, 1.807) is 27.5 Å². The number of benzene rings is 2. The summed E-state index contributed by atoms with van der Waals surface area (Å²) in [7, 11) is 4.75. The molecule has 0 saturated carbocycles. The molecule has 0 amide bonds. The molecule has 142 valence electrons. The van der Waals surface area contributed by atoms with Gasteiger partial charge in [-0.15, -0.1) is 0 Å². The Kier molecular flexibility index (Phi) is 4.49. The molecular formula is C21H20N4O3. The summed E-state index contributed by atoms with van der Waals surface area (Å²) in [6.07, 6.45) is 1.75. The van der Waals surface area contributed by atoms with Crippen LogP contribution in [0.1, 0.15) is 0 Å². The SMILES string of the molecule is COc1cc(-c2n[nH]c3nccc(-c4cccc(N)c4)c23)cc(OC)c1OC. The van der Waals surface area contributed by atoms with Gasteiger partial charge >= 0.3 is 0 Å². The number of hydrogen-bond acceptors (Lipinski definition) is 6. The number of nitrogen functional groups attached to an aromatic ring is 1. The molecule has 4 aromatic rings. The lowest BCUT2D eigenvalue weighted by Crippen LogP contribution is -1.96. The van der Waals surface area contributed by atoms with Crippen molar-refractivity contribution in [2.75, 3.05) is 27.1 Å². The third-order valence-electron chi connectivity index (χ3n) is 4.60. The normalized spacial score (nSPS) is 10.8. The fraction of sp³-hybridized carbons (Fsp3) is 0.143. The molecule has 3 N–H and O–H groups in total. The summed E-state index contributed by atoms with van der Waals surface area (Å²) in [5, 5.41) is 8.41. The van der Waals surface area contributed by atoms with Crippen LogP contribution < -0.4 is 19.9 Å². The molecule has 0 bridgehead atoms. The van der Waals surface area contributed by atoms with Crippen molar-refractivity contribution in [3.63, 3.8) is 0 Å². The molecule has 0 aliphatic heterocycles. The number of nitrogens with two attached hydrogens (primary N) is 1. The Bertz CT molecular complexity index is 1130. The quantitative estimate of drug-likeness (QED) is 0.513. The second kappa shape index (κ2) is 7.11. The number of nitrogens with one attached hydrogen (secondary N) is 1. The van der Waals surface area contributed by atoms with E-state index in [2.05, 4.69) is 15.2 Å². The van der Waals surface area contributed by atoms with Gasteiger partial charge in [0.05, 0.1) is 26.7 Å². The molecule has 2 aromatic carbocycles. The summed E-state index contributed by atoms with van der Waals surface area (Å²) in [4.78, 5) is 4.42. The number of pyridine rings is 1. The number of nitrogens with zero attached hydrogens (tertiary/aromatic N) is 2. The smallest absolute Gasteiger partial charge is 0.203 e. The summed E-state index contributed by atoms with van der Waals surface area (Å²) in [6, 6.07) is 13.4. The molecule has 2 aromatic heterocycles. The van der Waals surface area contributed by atoms with Crippen molar-refractivity contribution in [1.82, 2.24) is 15.2 Å². The number of anilines is 1. The monoisotopic (exact) mass is 376 g/mol. The first-order chi connectivity index (χ1) is 13.7. The van der Waals surface area contributed by atoms with Gasteiger partial charge in [0.1, 0.15) is 5.69 Å². The molecule has 7 nitrogen and oxygen atoms in total. The fourth-order valence-electron chi connectivity index (χ4n) is 3.32. The number of ether oxygens (including phenoxy) is 3. The minimum absolute atomic E-state index is 0.530. The number of H-pyrrole nitrogens is 1. The Morgan fingerprint density at radius 3 is 2.29 bits per heavy atom. The Balaban J connectivity index is 1.98. The Morgan fingerprint density at radius 1 is 0.893 bits per heavy atom. The topological polar surface area (TPSA) is 95.3 Å². The molecule has 0 spiro atoms. The molecule has 0 aliphatic rings. The number of aromatic nitrogens is 3. The van der Waals surface area contributed by atoms with Gasteiger partial charge < -0.3 is 19.9 Å². The highest BCUT2D eigenvalue weighted by Crippen LogP contribution is 2.43. The molecule has 0 unspecified atom stereocenters. The Morgan fingerprint density at radius 2 is 1.64 bits per heavy atom. The summed E-state index contributed by atoms with van der Waals surface area (Å²) in [5.41, 5.74) is 10.9. The van der Waals surface area contributed by atoms with E-state index in [1.165, 1.54) is 0 Å². The fourth-order valence-corrected chi connectivity index (χ4v) is 3.32. The second-order valence-corrected chi connectivity index (χ2v) is 6.19. The van der Waals surface area contributed by atoms with Crippen LogP contribution in [0.4, 0.5) is 5.69 Å². The van der Waals surface area contributed by atoms with Crippen LogP contribution in [0.3, 0.4) is 0 Å². The van der Waals surface area contributed by atoms with Crippen molar-refractivity contribution in [3.05, 3.63) is 48.7 Å². The predicted molar refractivity (Wildman–Crippen MR) is 109 cm³/mol. The Labute approximate surface area is 162 Å². The average Bonchev–Trinajstić information content (AvgIpc) is 3.17. The maximum atomic E-state index is 5.99. The largest absolute Gasteiger partial charge is 0.493 e. The van der Waals surface area contributed by atoms with Gasteiger partial charge in [-0.3, -0.25) is 5.10 Å². The standard InChI is InChI=1S/C21H20N4O3/c1-26-16-10-13(11-17(27-2)20(16)28-3)19-18-15(7-8-23-21(18)25-24-19)12-5-4-6-14(22)9-12/h4-11H,22H2,1-3H3,(H,23,24,25). The zero-order valence-corrected chi connectivity index (χ0v) is 15.8. The predicted octanol–water partition coefficient (Wildman–Crippen LogP) is 3.90. The first-order valence-corrected chi connectivity index (χ1v) is 8.65. The van der Waals surface area contributed by atoms with Crippen LogP contribution in [0.15, 0.2) is 48.7 Å². The minimum Gasteiger partial charge on any atom is -0.493 e. The number of hydrogen-bond donors (Lipinski definition) is 2. The maximum Gasteiger partial charge on any atom is 0.203 e. The zero-order valence-electron chi connectivity index (χ0n) is 15.8. The lowest BCUT2D eigenvalue weighted by atomic mass is 9.99. The zero-order chi connectivity index (χ0) is 19.7. The van der Waals surface area contributed by atoms with Gasteiger partial charge in [-0.25, -0.2) is 4.98 Å². The van der Waals surface area contributed by atoms with Gasteiger partial charge in [0, 0.05) is 17.4 Å². The lowest BCUT2D eigenvalue weighted by molar-refractivity contribution is 0.324. The molecule has 0 saturated heterocycles. The van der Waals surface area contributed by atoms with Gasteiger partial charge in [0.2, 0.25) is 5.75 Å². The third kappa shape index (κ3) is 2.87. The summed E-state index contributed by atoms with van der Waals surface area (Å²) in [5.74, 6) is 1.65. The molecule has 4 rings (SSSR count). The van der Waals surface area contributed by atoms with Crippen molar-refractivity contribution in [2.24, 2.45) is 0 Å². The molecule has 0 radical (unpaired) electrons. The number of rotatable bonds is 5. The molecule has 0 fully saturated rings. The van der Waals surface area contributed by atoms with Gasteiger partial charge in [-0.2, -0.15) is 5.10 Å². The van der Waals surface area contributed by atoms with Crippen LogP contribution in [-0.2, 0) is 0 Å². The molecule has 7 heteroatoms. The van der Waals surface area contributed by atoms with Crippen LogP contribution >= 0.6 is 0 Å². The molecule has 0 aliphatic carbocycles. The number of aromatic amines is 1. The van der Waals surface area contributed by atoms with E-state index in [9.17, 15) is 0 Å². The van der Waals surface area contributed by atoms with E-state index in [1.807, 2.05) is 42.5 Å². The summed E-state index contributed by atoms with van der Waals surface area (Å²) < 4.78 is 16.4. The van der Waals surface area contributed by atoms with Crippen LogP contribution in [0.25, 0.3) is 33.4 Å². The van der Waals surface area contributed by atoms with E-state index >= 15 is 0 Å². The van der Waals surface area contributed by atoms with Gasteiger partial charge in [0.25, 0.3) is 0 Å². The highest BCUT2D eigenvalue weighted by atomic mass is 16.5. The average molecular weight is 376 g/mol. The van der Waals surface area contributed by atoms with E-state index < -0.39 is 0 Å². The van der Waals surface area contributed by atoms with Crippen molar-refractivity contribution >= 4 is 16.7 Å². The van der Waals surface area contributed by atoms with Gasteiger partial charge in [-0.1, -0.05) is 12.1 Å². The van der Waals surface area contributed by atoms with Crippen LogP contribution in [0, 0.1) is 0 Å². The molecule has 28 heavy (non-hydrogen) atoms. The van der Waals surface area contributed by atoms with Crippen molar-refractivity contribution in [1.29, 1.82) is 0 Å². The number of fused-ring (bicyclic) bond motifs is 1. The van der Waals surface area contributed by atoms with Crippen molar-refractivity contribution < 1.29 is 14.2 Å². The maximum absolute atomic E-state index is 5.99. The minimum atomic E-state index is 0.530. The molecular weight excluding hydrogens is 356 g/mol. The summed E-state index contributed by atoms with van der Waals surface area (Å²) in [6.45, 7) is 0. The van der Waals surface area contributed by atoms with E-state index in [0.29, 0.717) is 28.6 Å². The highest BCUT2D eigenvalue weighted by Gasteiger charge is 2.19. The van der Waals surface area contributed by atoms with E-state index in [0.717, 1.165) is 27.8 Å². The van der Waals surface area contributed by atoms with Crippen LogP contribution in [0.5, 0.6) is 17.2 Å². The second-order valence-electron chi connectivity index (χ2n) is 6.19. The van der Waals surface area contributed by atoms with Crippen molar-refractivity contribution in [3.8, 4) is 39.6 Å². The van der Waals surface area contributed by atoms with Crippen LogP contribution in [-0.4, -0.2) is 36.5 Å². The first kappa shape index (κ1) is 17.7. The lowest BCUT2D eigenvalue weighted by Gasteiger charge is -2.14. The van der Waals surface area contributed by atoms with Gasteiger partial charge in [-0.05, 0) is 41.5 Å². The third-order valence-corrected chi connectivity index (χ3v) is 4.60. The molecule has 2 heterocycles. The number of methoxy groups -OCH3 is 3. The van der Waals surface area contributed by atoms with Gasteiger partial charge in [0.15, 0.2) is 17.1 Å². The summed E-state index contributed by atoms with van der Waals surface area (Å²) >= 11 is 0. The first-order valence-electron chi connectivity index (χ1n) is 8.65. The van der Waals surface area contributed by atoms with Crippen molar-refractivity contribution in [2.45, 2.75) is 0 Å². The van der Waals surface area contributed by atoms with Crippen LogP contribution in [0.2, 0.25) is 0 Å². The molecule has 0 atom stereocenters. The Hall–Kier alpha value is -3.74. The highest BCUT2D eigenvalue weighted by molar-refractivity contribution is 6.02. The van der Waals surface area contributed by atoms with E-state index in [4.69, 9.17) is 19.9 Å². The van der Waals surface area contributed by atoms with E-state index in [-0.39, 0.29) is 0 Å².